The van der Waals surface area contributed by atoms with Crippen LogP contribution in [0.4, 0.5) is 17.1 Å². The van der Waals surface area contributed by atoms with E-state index in [1.54, 1.807) is 0 Å². The Morgan fingerprint density at radius 1 is 0.206 bits per heavy atom. The Morgan fingerprint density at radius 2 is 0.571 bits per heavy atom. The molecule has 0 bridgehead atoms. The van der Waals surface area contributed by atoms with E-state index in [4.69, 9.17) is 0 Å². The summed E-state index contributed by atoms with van der Waals surface area (Å²) in [5.41, 5.74) is 17.8. The standard InChI is InChI=1S/C62H43N/c1-5-17-44(18-6-1)46-31-33-47(34-32-46)48-35-39-53(40-36-48)63(55-26-15-25-52(43-55)45-19-7-2-8-20-45)54-41-37-49(38-42-54)56-29-16-30-59-61(51-23-11-4-12-24-51)60(50-21-9-3-10-22-50)57-27-13-14-28-58(57)62(56)59/h1-43H. The fourth-order valence-electron chi connectivity index (χ4n) is 9.27. The third kappa shape index (κ3) is 7.26. The van der Waals surface area contributed by atoms with E-state index in [1.165, 1.54) is 88.3 Å². The predicted octanol–water partition coefficient (Wildman–Crippen LogP) is 17.5. The molecule has 0 aliphatic rings. The van der Waals surface area contributed by atoms with E-state index in [-0.39, 0.29) is 0 Å². The predicted molar refractivity (Wildman–Crippen MR) is 269 cm³/mol. The molecule has 0 aliphatic carbocycles. The van der Waals surface area contributed by atoms with Gasteiger partial charge in [-0.2, -0.15) is 0 Å². The molecular weight excluding hydrogens is 759 g/mol. The normalized spacial score (nSPS) is 11.2. The zero-order valence-corrected chi connectivity index (χ0v) is 34.8. The Kier molecular flexibility index (Phi) is 9.97. The molecule has 0 saturated heterocycles. The Labute approximate surface area is 369 Å². The van der Waals surface area contributed by atoms with Crippen molar-refractivity contribution in [2.45, 2.75) is 0 Å². The lowest BCUT2D eigenvalue weighted by molar-refractivity contribution is 1.28. The third-order valence-corrected chi connectivity index (χ3v) is 12.3. The molecule has 0 atom stereocenters. The highest BCUT2D eigenvalue weighted by molar-refractivity contribution is 6.25. The number of hydrogen-bond donors (Lipinski definition) is 0. The monoisotopic (exact) mass is 801 g/mol. The smallest absolute Gasteiger partial charge is 0.0467 e. The van der Waals surface area contributed by atoms with Crippen molar-refractivity contribution < 1.29 is 0 Å². The van der Waals surface area contributed by atoms with Crippen molar-refractivity contribution in [3.63, 3.8) is 0 Å². The molecular formula is C62H43N. The van der Waals surface area contributed by atoms with Crippen LogP contribution in [0.3, 0.4) is 0 Å². The van der Waals surface area contributed by atoms with Crippen molar-refractivity contribution in [1.29, 1.82) is 0 Å². The van der Waals surface area contributed by atoms with Crippen molar-refractivity contribution in [2.24, 2.45) is 0 Å². The van der Waals surface area contributed by atoms with E-state index in [9.17, 15) is 0 Å². The summed E-state index contributed by atoms with van der Waals surface area (Å²) < 4.78 is 0. The van der Waals surface area contributed by atoms with E-state index in [0.717, 1.165) is 17.1 Å². The summed E-state index contributed by atoms with van der Waals surface area (Å²) in [7, 11) is 0. The van der Waals surface area contributed by atoms with Crippen LogP contribution in [-0.2, 0) is 0 Å². The lowest BCUT2D eigenvalue weighted by atomic mass is 9.83. The highest BCUT2D eigenvalue weighted by atomic mass is 15.1. The number of benzene rings is 11. The van der Waals surface area contributed by atoms with Crippen molar-refractivity contribution in [1.82, 2.24) is 0 Å². The fourth-order valence-corrected chi connectivity index (χ4v) is 9.27. The van der Waals surface area contributed by atoms with Gasteiger partial charge in [-0.3, -0.25) is 0 Å². The molecule has 1 nitrogen and oxygen atoms in total. The van der Waals surface area contributed by atoms with Gasteiger partial charge in [-0.05, 0) is 125 Å². The first kappa shape index (κ1) is 37.7. The van der Waals surface area contributed by atoms with Gasteiger partial charge in [0.1, 0.15) is 0 Å². The number of hydrogen-bond acceptors (Lipinski definition) is 1. The summed E-state index contributed by atoms with van der Waals surface area (Å²) in [5, 5.41) is 5.01. The fraction of sp³-hybridized carbons (Fsp3) is 0. The minimum atomic E-state index is 1.09. The van der Waals surface area contributed by atoms with Crippen molar-refractivity contribution in [3.8, 4) is 66.8 Å². The van der Waals surface area contributed by atoms with Crippen LogP contribution < -0.4 is 4.90 Å². The van der Waals surface area contributed by atoms with Gasteiger partial charge in [0.2, 0.25) is 0 Å². The maximum atomic E-state index is 2.37. The Balaban J connectivity index is 1.03. The SMILES string of the molecule is c1ccc(-c2ccc(-c3ccc(N(c4ccc(-c5cccc6c(-c7ccccc7)c(-c7ccccc7)c7ccccc7c56)cc4)c4cccc(-c5ccccc5)c4)cc3)cc2)cc1. The van der Waals surface area contributed by atoms with E-state index in [2.05, 4.69) is 266 Å². The molecule has 296 valence electrons. The quantitative estimate of drug-likeness (QED) is 0.131. The highest BCUT2D eigenvalue weighted by Crippen LogP contribution is 2.47. The summed E-state index contributed by atoms with van der Waals surface area (Å²) in [6, 6.07) is 94.5. The number of rotatable bonds is 9. The summed E-state index contributed by atoms with van der Waals surface area (Å²) in [4.78, 5) is 2.37. The average molecular weight is 802 g/mol. The molecule has 0 aromatic heterocycles. The zero-order chi connectivity index (χ0) is 42.0. The summed E-state index contributed by atoms with van der Waals surface area (Å²) in [5.74, 6) is 0. The molecule has 0 N–H and O–H groups in total. The largest absolute Gasteiger partial charge is 0.310 e. The summed E-state index contributed by atoms with van der Waals surface area (Å²) >= 11 is 0. The van der Waals surface area contributed by atoms with Crippen LogP contribution >= 0.6 is 0 Å². The summed E-state index contributed by atoms with van der Waals surface area (Å²) in [6.07, 6.45) is 0. The van der Waals surface area contributed by atoms with Crippen LogP contribution in [0.2, 0.25) is 0 Å². The molecule has 0 saturated carbocycles. The van der Waals surface area contributed by atoms with Gasteiger partial charge in [0.25, 0.3) is 0 Å². The molecule has 11 aromatic rings. The lowest BCUT2D eigenvalue weighted by Gasteiger charge is -2.26. The minimum Gasteiger partial charge on any atom is -0.310 e. The van der Waals surface area contributed by atoms with Crippen molar-refractivity contribution >= 4 is 38.6 Å². The second kappa shape index (κ2) is 16.7. The maximum Gasteiger partial charge on any atom is 0.0467 e. The average Bonchev–Trinajstić information content (AvgIpc) is 3.37. The Bertz CT molecular complexity index is 3320. The van der Waals surface area contributed by atoms with E-state index in [0.29, 0.717) is 0 Å². The molecule has 11 aromatic carbocycles. The van der Waals surface area contributed by atoms with E-state index >= 15 is 0 Å². The molecule has 11 rings (SSSR count). The van der Waals surface area contributed by atoms with Crippen LogP contribution in [0, 0.1) is 0 Å². The number of nitrogens with zero attached hydrogens (tertiary/aromatic N) is 1. The second-order valence-electron chi connectivity index (χ2n) is 16.0. The van der Waals surface area contributed by atoms with Crippen LogP contribution in [0.25, 0.3) is 88.3 Å². The van der Waals surface area contributed by atoms with Gasteiger partial charge in [0, 0.05) is 17.1 Å². The number of anilines is 3. The molecule has 0 aliphatic heterocycles. The first-order valence-corrected chi connectivity index (χ1v) is 21.7. The topological polar surface area (TPSA) is 3.24 Å². The number of fused-ring (bicyclic) bond motifs is 3. The minimum absolute atomic E-state index is 1.09. The van der Waals surface area contributed by atoms with E-state index < -0.39 is 0 Å². The van der Waals surface area contributed by atoms with E-state index in [1.807, 2.05) is 0 Å². The van der Waals surface area contributed by atoms with Crippen LogP contribution in [-0.4, -0.2) is 0 Å². The van der Waals surface area contributed by atoms with Crippen molar-refractivity contribution in [3.05, 3.63) is 261 Å². The van der Waals surface area contributed by atoms with Gasteiger partial charge in [-0.15, -0.1) is 0 Å². The molecule has 0 unspecified atom stereocenters. The Hall–Kier alpha value is -8.26. The molecule has 63 heavy (non-hydrogen) atoms. The van der Waals surface area contributed by atoms with Crippen LogP contribution in [0.15, 0.2) is 261 Å². The molecule has 0 fully saturated rings. The molecule has 1 heteroatoms. The van der Waals surface area contributed by atoms with Crippen LogP contribution in [0.5, 0.6) is 0 Å². The summed E-state index contributed by atoms with van der Waals surface area (Å²) in [6.45, 7) is 0. The first-order chi connectivity index (χ1) is 31.3. The zero-order valence-electron chi connectivity index (χ0n) is 34.8. The van der Waals surface area contributed by atoms with Crippen LogP contribution in [0.1, 0.15) is 0 Å². The third-order valence-electron chi connectivity index (χ3n) is 12.3. The van der Waals surface area contributed by atoms with Gasteiger partial charge in [0.15, 0.2) is 0 Å². The van der Waals surface area contributed by atoms with Crippen molar-refractivity contribution in [2.75, 3.05) is 4.90 Å². The van der Waals surface area contributed by atoms with Gasteiger partial charge in [0.05, 0.1) is 0 Å². The molecule has 0 heterocycles. The lowest BCUT2D eigenvalue weighted by Crippen LogP contribution is -2.10. The molecule has 0 radical (unpaired) electrons. The van der Waals surface area contributed by atoms with Gasteiger partial charge in [-0.25, -0.2) is 0 Å². The second-order valence-corrected chi connectivity index (χ2v) is 16.0. The highest BCUT2D eigenvalue weighted by Gasteiger charge is 2.20. The van der Waals surface area contributed by atoms with Gasteiger partial charge in [-0.1, -0.05) is 224 Å². The first-order valence-electron chi connectivity index (χ1n) is 21.7. The van der Waals surface area contributed by atoms with Gasteiger partial charge >= 0.3 is 0 Å². The molecule has 0 spiro atoms. The molecule has 0 amide bonds. The maximum absolute atomic E-state index is 2.37. The Morgan fingerprint density at radius 3 is 1.11 bits per heavy atom. The van der Waals surface area contributed by atoms with Gasteiger partial charge < -0.3 is 4.90 Å².